The van der Waals surface area contributed by atoms with Crippen LogP contribution in [0.1, 0.15) is 24.0 Å². The van der Waals surface area contributed by atoms with Crippen LogP contribution < -0.4 is 11.1 Å². The second-order valence-electron chi connectivity index (χ2n) is 4.17. The molecule has 0 heterocycles. The molecule has 4 heteroatoms. The third kappa shape index (κ3) is 4.07. The van der Waals surface area contributed by atoms with E-state index in [-0.39, 0.29) is 5.91 Å². The van der Waals surface area contributed by atoms with Gasteiger partial charge >= 0.3 is 0 Å². The van der Waals surface area contributed by atoms with Gasteiger partial charge in [-0.25, -0.2) is 0 Å². The van der Waals surface area contributed by atoms with Crippen molar-refractivity contribution in [3.05, 3.63) is 23.3 Å². The van der Waals surface area contributed by atoms with Crippen LogP contribution in [0.4, 0.5) is 11.4 Å². The molecule has 1 rings (SSSR count). The van der Waals surface area contributed by atoms with Crippen molar-refractivity contribution in [1.29, 1.82) is 0 Å². The van der Waals surface area contributed by atoms with Crippen molar-refractivity contribution in [2.75, 3.05) is 24.8 Å². The van der Waals surface area contributed by atoms with E-state index in [1.54, 1.807) is 7.11 Å². The molecule has 0 atom stereocenters. The van der Waals surface area contributed by atoms with Crippen molar-refractivity contribution >= 4 is 17.3 Å². The first-order chi connectivity index (χ1) is 8.04. The summed E-state index contributed by atoms with van der Waals surface area (Å²) in [6, 6.07) is 3.78. The lowest BCUT2D eigenvalue weighted by molar-refractivity contribution is -0.116. The van der Waals surface area contributed by atoms with Gasteiger partial charge in [0.1, 0.15) is 0 Å². The third-order valence-electron chi connectivity index (χ3n) is 2.69. The number of amides is 1. The zero-order valence-corrected chi connectivity index (χ0v) is 10.7. The highest BCUT2D eigenvalue weighted by Crippen LogP contribution is 2.23. The van der Waals surface area contributed by atoms with E-state index in [2.05, 4.69) is 5.32 Å². The zero-order chi connectivity index (χ0) is 12.8. The van der Waals surface area contributed by atoms with E-state index >= 15 is 0 Å². The van der Waals surface area contributed by atoms with Crippen LogP contribution in [-0.2, 0) is 9.53 Å². The molecule has 94 valence electrons. The van der Waals surface area contributed by atoms with Crippen molar-refractivity contribution in [1.82, 2.24) is 0 Å². The van der Waals surface area contributed by atoms with Gasteiger partial charge in [-0.1, -0.05) is 0 Å². The maximum Gasteiger partial charge on any atom is 0.224 e. The predicted octanol–water partition coefficient (Wildman–Crippen LogP) is 2.25. The Labute approximate surface area is 102 Å². The van der Waals surface area contributed by atoms with E-state index < -0.39 is 0 Å². The van der Waals surface area contributed by atoms with Gasteiger partial charge in [0.25, 0.3) is 0 Å². The predicted molar refractivity (Wildman–Crippen MR) is 70.1 cm³/mol. The number of nitrogens with two attached hydrogens (primary N) is 1. The molecule has 0 saturated carbocycles. The molecule has 0 radical (unpaired) electrons. The van der Waals surface area contributed by atoms with Gasteiger partial charge in [-0.05, 0) is 43.5 Å². The molecule has 0 aromatic heterocycles. The standard InChI is InChI=1S/C13H20N2O2/c1-9-7-11(14)12(8-10(9)2)15-13(16)5-4-6-17-3/h7-8H,4-6,14H2,1-3H3,(H,15,16). The second kappa shape index (κ2) is 6.25. The quantitative estimate of drug-likeness (QED) is 0.608. The maximum absolute atomic E-state index is 11.6. The lowest BCUT2D eigenvalue weighted by Crippen LogP contribution is -2.13. The number of aryl methyl sites for hydroxylation is 2. The number of nitrogens with one attached hydrogen (secondary N) is 1. The fraction of sp³-hybridized carbons (Fsp3) is 0.462. The van der Waals surface area contributed by atoms with E-state index in [9.17, 15) is 4.79 Å². The summed E-state index contributed by atoms with van der Waals surface area (Å²) in [5, 5.41) is 2.82. The van der Waals surface area contributed by atoms with Crippen LogP contribution in [0.3, 0.4) is 0 Å². The number of hydrogen-bond donors (Lipinski definition) is 2. The molecule has 17 heavy (non-hydrogen) atoms. The molecule has 4 nitrogen and oxygen atoms in total. The van der Waals surface area contributed by atoms with Gasteiger partial charge < -0.3 is 15.8 Å². The Hall–Kier alpha value is -1.55. The third-order valence-corrected chi connectivity index (χ3v) is 2.69. The van der Waals surface area contributed by atoms with E-state index in [1.807, 2.05) is 26.0 Å². The Morgan fingerprint density at radius 1 is 1.35 bits per heavy atom. The highest BCUT2D eigenvalue weighted by atomic mass is 16.5. The molecule has 0 spiro atoms. The maximum atomic E-state index is 11.6. The Balaban J connectivity index is 2.62. The molecular formula is C13H20N2O2. The molecule has 1 aromatic carbocycles. The van der Waals surface area contributed by atoms with Crippen molar-refractivity contribution in [2.24, 2.45) is 0 Å². The summed E-state index contributed by atoms with van der Waals surface area (Å²) in [5.74, 6) is -0.0306. The van der Waals surface area contributed by atoms with Gasteiger partial charge in [-0.3, -0.25) is 4.79 Å². The van der Waals surface area contributed by atoms with E-state index in [0.29, 0.717) is 30.8 Å². The second-order valence-corrected chi connectivity index (χ2v) is 4.17. The Kier molecular flexibility index (Phi) is 4.97. The topological polar surface area (TPSA) is 64.3 Å². The number of anilines is 2. The molecule has 1 amide bonds. The molecule has 3 N–H and O–H groups in total. The first kappa shape index (κ1) is 13.5. The van der Waals surface area contributed by atoms with Crippen LogP contribution in [0.15, 0.2) is 12.1 Å². The summed E-state index contributed by atoms with van der Waals surface area (Å²) in [6.45, 7) is 4.58. The number of nitrogen functional groups attached to an aromatic ring is 1. The largest absolute Gasteiger partial charge is 0.397 e. The summed E-state index contributed by atoms with van der Waals surface area (Å²) in [6.07, 6.45) is 1.16. The van der Waals surface area contributed by atoms with Crippen LogP contribution >= 0.6 is 0 Å². The summed E-state index contributed by atoms with van der Waals surface area (Å²) < 4.78 is 4.90. The number of ether oxygens (including phenoxy) is 1. The average molecular weight is 236 g/mol. The van der Waals surface area contributed by atoms with E-state index in [4.69, 9.17) is 10.5 Å². The minimum atomic E-state index is -0.0306. The Bertz CT molecular complexity index is 403. The number of hydrogen-bond acceptors (Lipinski definition) is 3. The molecule has 0 bridgehead atoms. The molecule has 0 aliphatic heterocycles. The van der Waals surface area contributed by atoms with E-state index in [1.165, 1.54) is 0 Å². The van der Waals surface area contributed by atoms with Crippen LogP contribution in [0, 0.1) is 13.8 Å². The smallest absolute Gasteiger partial charge is 0.224 e. The summed E-state index contributed by atoms with van der Waals surface area (Å²) in [7, 11) is 1.62. The molecule has 1 aromatic rings. The van der Waals surface area contributed by atoms with Gasteiger partial charge in [0.15, 0.2) is 0 Å². The van der Waals surface area contributed by atoms with Crippen molar-refractivity contribution in [3.8, 4) is 0 Å². The molecular weight excluding hydrogens is 216 g/mol. The van der Waals surface area contributed by atoms with Gasteiger partial charge in [0.2, 0.25) is 5.91 Å². The van der Waals surface area contributed by atoms with Gasteiger partial charge in [0, 0.05) is 20.1 Å². The minimum Gasteiger partial charge on any atom is -0.397 e. The Morgan fingerprint density at radius 2 is 2.00 bits per heavy atom. The number of rotatable bonds is 5. The lowest BCUT2D eigenvalue weighted by Gasteiger charge is -2.11. The summed E-state index contributed by atoms with van der Waals surface area (Å²) >= 11 is 0. The molecule has 0 saturated heterocycles. The number of benzene rings is 1. The summed E-state index contributed by atoms with van der Waals surface area (Å²) in [4.78, 5) is 11.6. The number of methoxy groups -OCH3 is 1. The van der Waals surface area contributed by atoms with Crippen LogP contribution in [-0.4, -0.2) is 19.6 Å². The van der Waals surface area contributed by atoms with E-state index in [0.717, 1.165) is 11.1 Å². The highest BCUT2D eigenvalue weighted by Gasteiger charge is 2.06. The number of carbonyl (C=O) groups excluding carboxylic acids is 1. The van der Waals surface area contributed by atoms with Gasteiger partial charge in [-0.2, -0.15) is 0 Å². The monoisotopic (exact) mass is 236 g/mol. The zero-order valence-electron chi connectivity index (χ0n) is 10.7. The minimum absolute atomic E-state index is 0.0306. The first-order valence-corrected chi connectivity index (χ1v) is 5.70. The van der Waals surface area contributed by atoms with Crippen LogP contribution in [0.25, 0.3) is 0 Å². The van der Waals surface area contributed by atoms with Crippen molar-refractivity contribution < 1.29 is 9.53 Å². The van der Waals surface area contributed by atoms with Crippen LogP contribution in [0.2, 0.25) is 0 Å². The summed E-state index contributed by atoms with van der Waals surface area (Å²) in [5.41, 5.74) is 9.39. The Morgan fingerprint density at radius 3 is 2.65 bits per heavy atom. The fourth-order valence-corrected chi connectivity index (χ4v) is 1.54. The fourth-order valence-electron chi connectivity index (χ4n) is 1.54. The highest BCUT2D eigenvalue weighted by molar-refractivity contribution is 5.94. The average Bonchev–Trinajstić information content (AvgIpc) is 2.26. The molecule has 0 fully saturated rings. The molecule has 0 aliphatic carbocycles. The van der Waals surface area contributed by atoms with Crippen LogP contribution in [0.5, 0.6) is 0 Å². The first-order valence-electron chi connectivity index (χ1n) is 5.70. The van der Waals surface area contributed by atoms with Gasteiger partial charge in [0.05, 0.1) is 11.4 Å². The SMILES string of the molecule is COCCCC(=O)Nc1cc(C)c(C)cc1N. The molecule has 0 unspecified atom stereocenters. The van der Waals surface area contributed by atoms with Crippen molar-refractivity contribution in [2.45, 2.75) is 26.7 Å². The number of carbonyl (C=O) groups is 1. The van der Waals surface area contributed by atoms with Crippen molar-refractivity contribution in [3.63, 3.8) is 0 Å². The molecule has 0 aliphatic rings. The lowest BCUT2D eigenvalue weighted by atomic mass is 10.1. The normalized spacial score (nSPS) is 10.3. The van der Waals surface area contributed by atoms with Gasteiger partial charge in [-0.15, -0.1) is 0 Å².